The number of amides is 1. The number of fused-ring (bicyclic) bond motifs is 7. The minimum atomic E-state index is -2.52. The molecule has 83 heavy (non-hydrogen) atoms. The number of benzene rings is 4. The fourth-order valence-electron chi connectivity index (χ4n) is 14.9. The van der Waals surface area contributed by atoms with Gasteiger partial charge in [-0.3, -0.25) is 9.80 Å². The molecule has 1 unspecified atom stereocenters. The molecular weight excluding hydrogens is 1070 g/mol. The van der Waals surface area contributed by atoms with E-state index in [0.717, 1.165) is 36.9 Å². The van der Waals surface area contributed by atoms with Gasteiger partial charge in [0.15, 0.2) is 5.82 Å². The number of ether oxygens (including phenoxy) is 4. The second kappa shape index (κ2) is 22.7. The second-order valence-corrected chi connectivity index (χ2v) is 31.3. The Hall–Kier alpha value is -6.64. The van der Waals surface area contributed by atoms with Crippen LogP contribution >= 0.6 is 0 Å². The van der Waals surface area contributed by atoms with E-state index >= 15 is 17.6 Å². The molecule has 5 atom stereocenters. The van der Waals surface area contributed by atoms with Crippen LogP contribution in [0.4, 0.5) is 34.0 Å². The lowest BCUT2D eigenvalue weighted by atomic mass is 9.89. The summed E-state index contributed by atoms with van der Waals surface area (Å²) >= 11 is 0. The lowest BCUT2D eigenvalue weighted by Crippen LogP contribution is -2.62. The van der Waals surface area contributed by atoms with Gasteiger partial charge >= 0.3 is 12.1 Å². The first-order valence-corrected chi connectivity index (χ1v) is 32.1. The van der Waals surface area contributed by atoms with E-state index in [9.17, 15) is 4.79 Å². The van der Waals surface area contributed by atoms with Crippen molar-refractivity contribution in [2.24, 2.45) is 0 Å². The molecule has 12 nitrogen and oxygen atoms in total. The van der Waals surface area contributed by atoms with Crippen LogP contribution in [-0.2, 0) is 24.2 Å². The summed E-state index contributed by atoms with van der Waals surface area (Å²) < 4.78 is 94.3. The number of methoxy groups -OCH3 is 2. The van der Waals surface area contributed by atoms with Crippen molar-refractivity contribution in [2.45, 2.75) is 179 Å². The molecule has 0 radical (unpaired) electrons. The Morgan fingerprint density at radius 2 is 1.47 bits per heavy atom. The molecular formula is C66H79F4N7O5Si. The molecule has 7 heterocycles. The van der Waals surface area contributed by atoms with E-state index in [1.807, 2.05) is 85.2 Å². The van der Waals surface area contributed by atoms with E-state index in [-0.39, 0.29) is 93.0 Å². The van der Waals surface area contributed by atoms with Crippen molar-refractivity contribution >= 4 is 47.5 Å². The number of piperazine rings is 1. The minimum Gasteiger partial charge on any atom is -0.497 e. The largest absolute Gasteiger partial charge is 0.497 e. The van der Waals surface area contributed by atoms with Gasteiger partial charge in [0.05, 0.1) is 60.1 Å². The predicted molar refractivity (Wildman–Crippen MR) is 321 cm³/mol. The summed E-state index contributed by atoms with van der Waals surface area (Å²) in [7, 11) is 0.711. The minimum absolute atomic E-state index is 0.0190. The molecule has 11 rings (SSSR count). The van der Waals surface area contributed by atoms with Crippen LogP contribution in [0.25, 0.3) is 32.9 Å². The zero-order valence-electron chi connectivity index (χ0n) is 50.0. The third kappa shape index (κ3) is 10.7. The van der Waals surface area contributed by atoms with E-state index in [1.165, 1.54) is 6.07 Å². The van der Waals surface area contributed by atoms with Crippen LogP contribution in [0.1, 0.15) is 130 Å². The highest BCUT2D eigenvalue weighted by molar-refractivity contribution is 6.90. The highest BCUT2D eigenvalue weighted by Crippen LogP contribution is 2.49. The van der Waals surface area contributed by atoms with Crippen molar-refractivity contribution in [1.82, 2.24) is 24.8 Å². The number of hydrogen-bond acceptors (Lipinski definition) is 11. The van der Waals surface area contributed by atoms with E-state index in [0.29, 0.717) is 80.4 Å². The SMILES string of the molecule is COc1ccc(CN(Cc2ccc(OC)cc2)c2cc3ccc(F)c(C#C[Si](C(C)C)(C(C)C)C(C)C)c3c(-c3c(F)c4c5c(nc(OCC67CCCN6C[C@H](F)C7)nc5c3F)N3C[C@H]5CC[C@@H]([C@H]3CCC4)N5C(=O)OC(C)(C)C)n2)cc1. The lowest BCUT2D eigenvalue weighted by Gasteiger charge is -2.48. The first kappa shape index (κ1) is 58.1. The number of carbonyl (C=O) groups excluding carboxylic acids is 1. The van der Waals surface area contributed by atoms with Gasteiger partial charge in [-0.2, -0.15) is 9.97 Å². The van der Waals surface area contributed by atoms with Crippen molar-refractivity contribution in [2.75, 3.05) is 50.3 Å². The number of aromatic nitrogens is 3. The predicted octanol–water partition coefficient (Wildman–Crippen LogP) is 14.3. The van der Waals surface area contributed by atoms with Crippen LogP contribution in [0, 0.1) is 28.9 Å². The highest BCUT2D eigenvalue weighted by Gasteiger charge is 2.52. The van der Waals surface area contributed by atoms with Crippen LogP contribution < -0.4 is 24.0 Å². The Morgan fingerprint density at radius 3 is 2.10 bits per heavy atom. The van der Waals surface area contributed by atoms with Crippen LogP contribution in [0.15, 0.2) is 66.7 Å². The van der Waals surface area contributed by atoms with E-state index in [1.54, 1.807) is 20.3 Å². The monoisotopic (exact) mass is 1150 g/mol. The van der Waals surface area contributed by atoms with E-state index < -0.39 is 48.4 Å². The fraction of sp³-hybridized carbons (Fsp3) is 0.515. The first-order chi connectivity index (χ1) is 39.6. The number of pyridine rings is 1. The Balaban J connectivity index is 1.16. The number of anilines is 2. The second-order valence-electron chi connectivity index (χ2n) is 25.7. The van der Waals surface area contributed by atoms with Crippen LogP contribution in [0.5, 0.6) is 17.5 Å². The van der Waals surface area contributed by atoms with Crippen molar-refractivity contribution in [1.29, 1.82) is 0 Å². The van der Waals surface area contributed by atoms with Crippen molar-refractivity contribution in [3.8, 4) is 40.2 Å². The first-order valence-electron chi connectivity index (χ1n) is 29.8. The molecule has 440 valence electrons. The Bertz CT molecular complexity index is 3420. The van der Waals surface area contributed by atoms with E-state index in [2.05, 4.69) is 62.8 Å². The maximum Gasteiger partial charge on any atom is 0.410 e. The number of hydrogen-bond donors (Lipinski definition) is 0. The van der Waals surface area contributed by atoms with Crippen molar-refractivity contribution in [3.63, 3.8) is 0 Å². The molecule has 6 aromatic rings. The van der Waals surface area contributed by atoms with Gasteiger partial charge in [-0.1, -0.05) is 77.8 Å². The molecule has 2 aromatic heterocycles. The van der Waals surface area contributed by atoms with Gasteiger partial charge in [0, 0.05) is 43.5 Å². The molecule has 5 aliphatic heterocycles. The number of halogens is 4. The summed E-state index contributed by atoms with van der Waals surface area (Å²) in [6.45, 7) is 20.8. The van der Waals surface area contributed by atoms with Gasteiger partial charge in [0.1, 0.15) is 66.7 Å². The van der Waals surface area contributed by atoms with Crippen LogP contribution in [0.3, 0.4) is 0 Å². The summed E-state index contributed by atoms with van der Waals surface area (Å²) in [5.41, 5.74) is 4.37. The Kier molecular flexibility index (Phi) is 15.9. The molecule has 2 bridgehead atoms. The quantitative estimate of drug-likeness (QED) is 0.0591. The van der Waals surface area contributed by atoms with Gasteiger partial charge in [-0.25, -0.2) is 27.3 Å². The molecule has 0 aliphatic carbocycles. The average molecular weight is 1150 g/mol. The van der Waals surface area contributed by atoms with Gasteiger partial charge in [0.25, 0.3) is 0 Å². The number of carbonyl (C=O) groups is 1. The Morgan fingerprint density at radius 1 is 0.807 bits per heavy atom. The normalized spacial score (nSPS) is 21.5. The van der Waals surface area contributed by atoms with Gasteiger partial charge < -0.3 is 28.7 Å². The molecule has 4 aromatic carbocycles. The summed E-state index contributed by atoms with van der Waals surface area (Å²) in [6, 6.07) is 19.4. The summed E-state index contributed by atoms with van der Waals surface area (Å²) in [5, 5.41) is 0.895. The molecule has 0 N–H and O–H groups in total. The van der Waals surface area contributed by atoms with Crippen molar-refractivity contribution < 1.29 is 41.3 Å². The van der Waals surface area contributed by atoms with Gasteiger partial charge in [0.2, 0.25) is 0 Å². The number of alkyl halides is 1. The number of rotatable bonds is 14. The molecule has 4 saturated heterocycles. The third-order valence-corrected chi connectivity index (χ3v) is 25.0. The molecule has 0 spiro atoms. The van der Waals surface area contributed by atoms with Gasteiger partial charge in [-0.15, -0.1) is 5.54 Å². The maximum absolute atomic E-state index is 19.2. The van der Waals surface area contributed by atoms with Crippen LogP contribution in [0.2, 0.25) is 16.6 Å². The number of aryl methyl sites for hydroxylation is 1. The molecule has 1 amide bonds. The average Bonchev–Trinajstić information content (AvgIpc) is 2.08. The zero-order valence-corrected chi connectivity index (χ0v) is 51.0. The smallest absolute Gasteiger partial charge is 0.410 e. The summed E-state index contributed by atoms with van der Waals surface area (Å²) in [6.07, 6.45) is 3.13. The molecule has 5 aliphatic rings. The van der Waals surface area contributed by atoms with Gasteiger partial charge in [-0.05, 0) is 142 Å². The standard InChI is InChI=1S/C66H79F4N7O5Si/c1-39(2)83(40(3)4,41(5)6)31-28-49-51(68)26-20-44-32-54(74(34-42-16-22-47(79-10)23-17-42)35-43-18-24-48(80-11)25-19-43)71-60(55(44)49)57-58(69)50-14-12-15-52-53-27-21-46(77(53)64(78)82-65(7,8)9)37-76(52)62-56(50)61(59(57)70)72-63(73-62)81-38-66-29-13-30-75(66)36-45(67)33-66/h16-20,22-26,32,39-41,45-46,52-53H,12-15,21,27,29-30,33-38H2,1-11H3/t45-,46-,52-,53+,66?/m1/s1. The third-order valence-electron chi connectivity index (χ3n) is 18.7. The summed E-state index contributed by atoms with van der Waals surface area (Å²) in [5.74, 6) is 2.99. The zero-order chi connectivity index (χ0) is 58.9. The Labute approximate surface area is 487 Å². The molecule has 0 saturated carbocycles. The maximum atomic E-state index is 19.2. The fourth-order valence-corrected chi connectivity index (χ4v) is 20.1. The topological polar surface area (TPSA) is 106 Å². The van der Waals surface area contributed by atoms with Crippen molar-refractivity contribution in [3.05, 3.63) is 106 Å². The van der Waals surface area contributed by atoms with E-state index in [4.69, 9.17) is 33.9 Å². The highest BCUT2D eigenvalue weighted by atomic mass is 28.3. The summed E-state index contributed by atoms with van der Waals surface area (Å²) in [4.78, 5) is 37.6. The molecule has 17 heteroatoms. The lowest BCUT2D eigenvalue weighted by molar-refractivity contribution is 0.00699. The number of nitrogens with zero attached hydrogens (tertiary/aromatic N) is 7. The molecule has 4 fully saturated rings. The van der Waals surface area contributed by atoms with Crippen LogP contribution in [-0.4, -0.2) is 115 Å².